The van der Waals surface area contributed by atoms with Crippen LogP contribution in [-0.4, -0.2) is 80.2 Å². The molecule has 2 atom stereocenters. The summed E-state index contributed by atoms with van der Waals surface area (Å²) in [5.41, 5.74) is 4.72. The minimum Gasteiger partial charge on any atom is -0.372 e. The van der Waals surface area contributed by atoms with E-state index < -0.39 is 6.23 Å². The highest BCUT2D eigenvalue weighted by Gasteiger charge is 2.28. The number of benzene rings is 1. The summed E-state index contributed by atoms with van der Waals surface area (Å²) in [6.45, 7) is 4.65. The molecule has 5 rings (SSSR count). The Balaban J connectivity index is 1.00. The van der Waals surface area contributed by atoms with E-state index in [2.05, 4.69) is 15.6 Å². The number of hydrogen-bond donors (Lipinski definition) is 3. The Morgan fingerprint density at radius 3 is 2.42 bits per heavy atom. The van der Waals surface area contributed by atoms with Gasteiger partial charge in [0, 0.05) is 81.7 Å². The molecule has 0 bridgehead atoms. The first-order valence-electron chi connectivity index (χ1n) is 15.7. The van der Waals surface area contributed by atoms with E-state index in [1.807, 2.05) is 37.3 Å². The second-order valence-corrected chi connectivity index (χ2v) is 11.8. The third-order valence-corrected chi connectivity index (χ3v) is 8.38. The van der Waals surface area contributed by atoms with E-state index in [1.165, 1.54) is 17.1 Å². The SMILES string of the molecule is CC1CC(O)N(CCCCNC(=O)CCCCCN2C(=O)C=CC2=O)N=C1c1ccc(NC(=O)N2Cc3ccncc3C2)cc1. The maximum absolute atomic E-state index is 12.8. The Hall–Kier alpha value is -4.58. The van der Waals surface area contributed by atoms with Gasteiger partial charge in [-0.2, -0.15) is 5.10 Å². The number of anilines is 1. The Morgan fingerprint density at radius 2 is 1.67 bits per heavy atom. The molecular weight excluding hydrogens is 574 g/mol. The molecule has 3 N–H and O–H groups in total. The zero-order valence-electron chi connectivity index (χ0n) is 25.7. The summed E-state index contributed by atoms with van der Waals surface area (Å²) < 4.78 is 0. The van der Waals surface area contributed by atoms with Gasteiger partial charge in [-0.15, -0.1) is 0 Å². The van der Waals surface area contributed by atoms with Crippen molar-refractivity contribution >= 4 is 35.2 Å². The van der Waals surface area contributed by atoms with E-state index in [0.717, 1.165) is 41.7 Å². The Morgan fingerprint density at radius 1 is 0.933 bits per heavy atom. The average Bonchev–Trinajstić information content (AvgIpc) is 3.61. The van der Waals surface area contributed by atoms with Crippen LogP contribution in [0.3, 0.4) is 0 Å². The number of unbranched alkanes of at least 4 members (excludes halogenated alkanes) is 3. The number of aliphatic hydroxyl groups is 1. The van der Waals surface area contributed by atoms with E-state index >= 15 is 0 Å². The predicted molar refractivity (Wildman–Crippen MR) is 169 cm³/mol. The van der Waals surface area contributed by atoms with Crippen LogP contribution in [0.25, 0.3) is 0 Å². The highest BCUT2D eigenvalue weighted by atomic mass is 16.3. The van der Waals surface area contributed by atoms with Crippen molar-refractivity contribution in [3.05, 3.63) is 71.6 Å². The molecule has 12 heteroatoms. The Labute approximate surface area is 263 Å². The van der Waals surface area contributed by atoms with Crippen LogP contribution in [0, 0.1) is 5.92 Å². The maximum atomic E-state index is 12.8. The number of aromatic nitrogens is 1. The number of hydrogen-bond acceptors (Lipinski definition) is 8. The maximum Gasteiger partial charge on any atom is 0.322 e. The number of carbonyl (C=O) groups excluding carboxylic acids is 4. The molecule has 3 aliphatic rings. The molecule has 0 saturated heterocycles. The molecular formula is C33H41N7O5. The van der Waals surface area contributed by atoms with Crippen LogP contribution in [0.1, 0.15) is 68.6 Å². The number of pyridine rings is 1. The Kier molecular flexibility index (Phi) is 10.6. The molecule has 0 saturated carbocycles. The van der Waals surface area contributed by atoms with Crippen LogP contribution >= 0.6 is 0 Å². The molecule has 0 aliphatic carbocycles. The lowest BCUT2D eigenvalue weighted by Gasteiger charge is -2.34. The van der Waals surface area contributed by atoms with Crippen molar-refractivity contribution in [3.8, 4) is 0 Å². The zero-order valence-corrected chi connectivity index (χ0v) is 25.7. The van der Waals surface area contributed by atoms with E-state index in [9.17, 15) is 24.3 Å². The summed E-state index contributed by atoms with van der Waals surface area (Å²) in [6.07, 6.45) is 10.1. The third-order valence-electron chi connectivity index (χ3n) is 8.38. The number of rotatable bonds is 13. The molecule has 2 unspecified atom stereocenters. The molecule has 0 spiro atoms. The first-order valence-corrected chi connectivity index (χ1v) is 15.7. The third kappa shape index (κ3) is 8.33. The van der Waals surface area contributed by atoms with Crippen molar-refractivity contribution in [3.63, 3.8) is 0 Å². The van der Waals surface area contributed by atoms with Crippen LogP contribution in [0.5, 0.6) is 0 Å². The van der Waals surface area contributed by atoms with Gasteiger partial charge in [-0.1, -0.05) is 25.5 Å². The summed E-state index contributed by atoms with van der Waals surface area (Å²) in [5, 5.41) is 23.1. The standard InChI is InChI=1S/C33H41N7O5/c1-23-19-31(44)40(18-6-4-15-35-28(41)7-3-2-5-17-39-29(42)12-13-30(39)43)37-32(23)24-8-10-27(11-9-24)36-33(45)38-21-25-14-16-34-20-26(25)22-38/h8-14,16,20,23,31,44H,2-7,15,17-19,21-22H2,1H3,(H,35,41)(H,36,45). The van der Waals surface area contributed by atoms with Gasteiger partial charge in [-0.3, -0.25) is 29.3 Å². The molecule has 45 heavy (non-hydrogen) atoms. The number of nitrogens with zero attached hydrogens (tertiary/aromatic N) is 5. The molecule has 3 aliphatic heterocycles. The summed E-state index contributed by atoms with van der Waals surface area (Å²) in [5.74, 6) is -0.489. The number of fused-ring (bicyclic) bond motifs is 1. The van der Waals surface area contributed by atoms with Gasteiger partial charge in [0.05, 0.1) is 5.71 Å². The number of carbonyl (C=O) groups is 4. The first kappa shape index (κ1) is 31.8. The Bertz CT molecular complexity index is 1410. The predicted octanol–water partition coefficient (Wildman–Crippen LogP) is 3.38. The second-order valence-electron chi connectivity index (χ2n) is 11.8. The smallest absolute Gasteiger partial charge is 0.322 e. The molecule has 0 radical (unpaired) electrons. The fraction of sp³-hybridized carbons (Fsp3) is 0.455. The van der Waals surface area contributed by atoms with E-state index in [1.54, 1.807) is 22.3 Å². The van der Waals surface area contributed by atoms with Crippen molar-refractivity contribution < 1.29 is 24.3 Å². The molecule has 12 nitrogen and oxygen atoms in total. The normalized spacial score (nSPS) is 19.2. The van der Waals surface area contributed by atoms with Gasteiger partial charge in [0.1, 0.15) is 6.23 Å². The van der Waals surface area contributed by atoms with Crippen LogP contribution < -0.4 is 10.6 Å². The zero-order chi connectivity index (χ0) is 31.8. The van der Waals surface area contributed by atoms with E-state index in [0.29, 0.717) is 64.1 Å². The van der Waals surface area contributed by atoms with Gasteiger partial charge in [-0.05, 0) is 60.6 Å². The van der Waals surface area contributed by atoms with E-state index in [4.69, 9.17) is 5.10 Å². The number of amides is 5. The molecule has 1 aromatic carbocycles. The summed E-state index contributed by atoms with van der Waals surface area (Å²) in [7, 11) is 0. The molecule has 238 valence electrons. The molecule has 2 aromatic rings. The molecule has 4 heterocycles. The second kappa shape index (κ2) is 14.9. The average molecular weight is 616 g/mol. The summed E-state index contributed by atoms with van der Waals surface area (Å²) in [4.78, 5) is 55.2. The van der Waals surface area contributed by atoms with Crippen molar-refractivity contribution in [1.29, 1.82) is 0 Å². The summed E-state index contributed by atoms with van der Waals surface area (Å²) in [6, 6.07) is 9.43. The fourth-order valence-electron chi connectivity index (χ4n) is 5.78. The van der Waals surface area contributed by atoms with Gasteiger partial charge in [-0.25, -0.2) is 4.79 Å². The molecule has 1 aromatic heterocycles. The lowest BCUT2D eigenvalue weighted by atomic mass is 9.93. The van der Waals surface area contributed by atoms with Gasteiger partial charge in [0.2, 0.25) is 5.91 Å². The van der Waals surface area contributed by atoms with Gasteiger partial charge >= 0.3 is 6.03 Å². The first-order chi connectivity index (χ1) is 21.8. The van der Waals surface area contributed by atoms with Gasteiger partial charge < -0.3 is 20.6 Å². The van der Waals surface area contributed by atoms with E-state index in [-0.39, 0.29) is 29.7 Å². The lowest BCUT2D eigenvalue weighted by Crippen LogP contribution is -2.40. The summed E-state index contributed by atoms with van der Waals surface area (Å²) >= 11 is 0. The highest BCUT2D eigenvalue weighted by molar-refractivity contribution is 6.12. The molecule has 0 fully saturated rings. The minimum absolute atomic E-state index is 0.0143. The van der Waals surface area contributed by atoms with Gasteiger partial charge in [0.15, 0.2) is 0 Å². The fourth-order valence-corrected chi connectivity index (χ4v) is 5.78. The van der Waals surface area contributed by atoms with Crippen LogP contribution in [0.4, 0.5) is 10.5 Å². The van der Waals surface area contributed by atoms with Gasteiger partial charge in [0.25, 0.3) is 11.8 Å². The van der Waals surface area contributed by atoms with Crippen LogP contribution in [0.15, 0.2) is 60.0 Å². The molecule has 5 amide bonds. The topological polar surface area (TPSA) is 148 Å². The van der Waals surface area contributed by atoms with Crippen molar-refractivity contribution in [1.82, 2.24) is 25.1 Å². The quantitative estimate of drug-likeness (QED) is 0.231. The number of nitrogens with one attached hydrogen (secondary N) is 2. The van der Waals surface area contributed by atoms with Crippen LogP contribution in [0.2, 0.25) is 0 Å². The number of aliphatic hydroxyl groups excluding tert-OH is 1. The van der Waals surface area contributed by atoms with Crippen LogP contribution in [-0.2, 0) is 27.5 Å². The number of imide groups is 1. The van der Waals surface area contributed by atoms with Crippen molar-refractivity contribution in [2.45, 2.75) is 71.2 Å². The lowest BCUT2D eigenvalue weighted by molar-refractivity contribution is -0.137. The van der Waals surface area contributed by atoms with Crippen molar-refractivity contribution in [2.75, 3.05) is 25.0 Å². The minimum atomic E-state index is -0.668. The number of hydrazone groups is 1. The van der Waals surface area contributed by atoms with Crippen molar-refractivity contribution in [2.24, 2.45) is 11.0 Å². The number of urea groups is 1. The monoisotopic (exact) mass is 615 g/mol. The highest BCUT2D eigenvalue weighted by Crippen LogP contribution is 2.26. The largest absolute Gasteiger partial charge is 0.372 e.